The number of anilines is 2. The van der Waals surface area contributed by atoms with E-state index in [0.29, 0.717) is 5.13 Å². The van der Waals surface area contributed by atoms with Gasteiger partial charge in [-0.05, 0) is 50.5 Å². The lowest BCUT2D eigenvalue weighted by Gasteiger charge is -2.21. The van der Waals surface area contributed by atoms with Crippen molar-refractivity contribution in [3.8, 4) is 11.3 Å². The standard InChI is InChI=1S/C32H33N3O2S2/c1-21-16-18-23(19-17-21)28-22(2)38-32(34-28)35-31(37)29(24-10-5-3-6-11-24)39-27-15-9-14-26(20-27)33-30(36)25-12-7-4-8-13-25/h3,5-6,9-11,14-20,25,29H,4,7-8,12-13H2,1-2H3,(H,33,36)(H,34,35,37). The summed E-state index contributed by atoms with van der Waals surface area (Å²) in [5, 5.41) is 6.27. The lowest BCUT2D eigenvalue weighted by molar-refractivity contribution is -0.120. The Hall–Kier alpha value is -3.42. The van der Waals surface area contributed by atoms with Crippen LogP contribution >= 0.6 is 23.1 Å². The Morgan fingerprint density at radius 3 is 2.38 bits per heavy atom. The number of carbonyl (C=O) groups is 2. The summed E-state index contributed by atoms with van der Waals surface area (Å²) in [5.74, 6) is 0.0502. The molecule has 5 rings (SSSR count). The van der Waals surface area contributed by atoms with Gasteiger partial charge in [0.25, 0.3) is 0 Å². The number of aromatic nitrogens is 1. The van der Waals surface area contributed by atoms with Gasteiger partial charge in [-0.25, -0.2) is 4.98 Å². The molecule has 5 nitrogen and oxygen atoms in total. The number of rotatable bonds is 8. The zero-order valence-corrected chi connectivity index (χ0v) is 23.9. The van der Waals surface area contributed by atoms with E-state index >= 15 is 0 Å². The van der Waals surface area contributed by atoms with E-state index in [9.17, 15) is 9.59 Å². The van der Waals surface area contributed by atoms with Gasteiger partial charge in [-0.2, -0.15) is 0 Å². The summed E-state index contributed by atoms with van der Waals surface area (Å²) in [6, 6.07) is 25.8. The zero-order valence-electron chi connectivity index (χ0n) is 22.3. The molecule has 0 spiro atoms. The first-order valence-corrected chi connectivity index (χ1v) is 15.1. The Bertz CT molecular complexity index is 1430. The molecule has 0 aliphatic heterocycles. The van der Waals surface area contributed by atoms with Gasteiger partial charge in [0.1, 0.15) is 5.25 Å². The number of benzene rings is 3. The molecule has 1 fully saturated rings. The van der Waals surface area contributed by atoms with E-state index in [2.05, 4.69) is 41.8 Å². The molecule has 1 aliphatic carbocycles. The molecule has 1 saturated carbocycles. The number of thiazole rings is 1. The molecule has 0 saturated heterocycles. The van der Waals surface area contributed by atoms with Crippen LogP contribution in [0.4, 0.5) is 10.8 Å². The highest BCUT2D eigenvalue weighted by Crippen LogP contribution is 2.38. The third kappa shape index (κ3) is 6.97. The lowest BCUT2D eigenvalue weighted by atomic mass is 9.88. The second-order valence-corrected chi connectivity index (χ2v) is 12.4. The van der Waals surface area contributed by atoms with Crippen molar-refractivity contribution in [2.75, 3.05) is 10.6 Å². The number of nitrogens with zero attached hydrogens (tertiary/aromatic N) is 1. The topological polar surface area (TPSA) is 71.1 Å². The van der Waals surface area contributed by atoms with Crippen LogP contribution < -0.4 is 10.6 Å². The van der Waals surface area contributed by atoms with Gasteiger partial charge in [0, 0.05) is 26.9 Å². The van der Waals surface area contributed by atoms with E-state index in [1.807, 2.05) is 61.5 Å². The SMILES string of the molecule is Cc1ccc(-c2nc(NC(=O)C(Sc3cccc(NC(=O)C4CCCCC4)c3)c3ccccc3)sc2C)cc1. The molecule has 3 aromatic carbocycles. The maximum atomic E-state index is 13.7. The van der Waals surface area contributed by atoms with Crippen LogP contribution in [0.1, 0.15) is 53.4 Å². The third-order valence-electron chi connectivity index (χ3n) is 7.02. The second kappa shape index (κ2) is 12.6. The average molecular weight is 556 g/mol. The highest BCUT2D eigenvalue weighted by Gasteiger charge is 2.25. The summed E-state index contributed by atoms with van der Waals surface area (Å²) < 4.78 is 0. The first-order valence-electron chi connectivity index (χ1n) is 13.4. The Labute approximate surface area is 238 Å². The molecule has 1 heterocycles. The average Bonchev–Trinajstić information content (AvgIpc) is 3.32. The van der Waals surface area contributed by atoms with Crippen molar-refractivity contribution < 1.29 is 9.59 Å². The van der Waals surface area contributed by atoms with Crippen LogP contribution in [0, 0.1) is 19.8 Å². The first-order chi connectivity index (χ1) is 19.0. The summed E-state index contributed by atoms with van der Waals surface area (Å²) in [6.45, 7) is 4.09. The first kappa shape index (κ1) is 27.2. The van der Waals surface area contributed by atoms with Crippen molar-refractivity contribution in [2.24, 2.45) is 5.92 Å². The van der Waals surface area contributed by atoms with E-state index in [1.54, 1.807) is 0 Å². The minimum absolute atomic E-state index is 0.0875. The number of hydrogen-bond acceptors (Lipinski definition) is 5. The molecule has 7 heteroatoms. The van der Waals surface area contributed by atoms with Crippen molar-refractivity contribution in [3.63, 3.8) is 0 Å². The van der Waals surface area contributed by atoms with Crippen molar-refractivity contribution in [2.45, 2.75) is 56.1 Å². The van der Waals surface area contributed by atoms with Crippen LogP contribution in [0.15, 0.2) is 83.8 Å². The number of thioether (sulfide) groups is 1. The number of nitrogens with one attached hydrogen (secondary N) is 2. The molecule has 2 N–H and O–H groups in total. The lowest BCUT2D eigenvalue weighted by Crippen LogP contribution is -2.24. The monoisotopic (exact) mass is 555 g/mol. The predicted octanol–water partition coefficient (Wildman–Crippen LogP) is 8.42. The van der Waals surface area contributed by atoms with E-state index < -0.39 is 5.25 Å². The second-order valence-electron chi connectivity index (χ2n) is 10.0. The summed E-state index contributed by atoms with van der Waals surface area (Å²) in [5.41, 5.74) is 4.79. The summed E-state index contributed by atoms with van der Waals surface area (Å²) in [4.78, 5) is 33.2. The van der Waals surface area contributed by atoms with Crippen molar-refractivity contribution in [1.82, 2.24) is 4.98 Å². The molecule has 39 heavy (non-hydrogen) atoms. The molecule has 0 radical (unpaired) electrons. The Kier molecular flexibility index (Phi) is 8.79. The van der Waals surface area contributed by atoms with Gasteiger partial charge in [0.2, 0.25) is 11.8 Å². The molecular weight excluding hydrogens is 523 g/mol. The number of aryl methyl sites for hydroxylation is 2. The Morgan fingerprint density at radius 2 is 1.64 bits per heavy atom. The fourth-order valence-electron chi connectivity index (χ4n) is 4.89. The van der Waals surface area contributed by atoms with Crippen LogP contribution in [0.3, 0.4) is 0 Å². The van der Waals surface area contributed by atoms with Crippen LogP contribution in [0.25, 0.3) is 11.3 Å². The van der Waals surface area contributed by atoms with Crippen molar-refractivity contribution in [3.05, 3.63) is 94.9 Å². The van der Waals surface area contributed by atoms with Crippen molar-refractivity contribution in [1.29, 1.82) is 0 Å². The maximum absolute atomic E-state index is 13.7. The molecule has 1 aromatic heterocycles. The quantitative estimate of drug-likeness (QED) is 0.214. The van der Waals surface area contributed by atoms with Gasteiger partial charge in [-0.3, -0.25) is 9.59 Å². The third-order valence-corrected chi connectivity index (χ3v) is 9.16. The number of amides is 2. The Balaban J connectivity index is 1.33. The molecule has 1 unspecified atom stereocenters. The normalized spacial score (nSPS) is 14.5. The molecular formula is C32H33N3O2S2. The molecule has 4 aromatic rings. The summed E-state index contributed by atoms with van der Waals surface area (Å²) >= 11 is 2.95. The van der Waals surface area contributed by atoms with Crippen LogP contribution in [0.2, 0.25) is 0 Å². The molecule has 2 amide bonds. The van der Waals surface area contributed by atoms with E-state index in [0.717, 1.165) is 58.0 Å². The van der Waals surface area contributed by atoms with Gasteiger partial charge < -0.3 is 10.6 Å². The van der Waals surface area contributed by atoms with Crippen molar-refractivity contribution >= 4 is 45.7 Å². The van der Waals surface area contributed by atoms with Crippen LogP contribution in [-0.2, 0) is 9.59 Å². The van der Waals surface area contributed by atoms with E-state index in [1.165, 1.54) is 35.1 Å². The minimum atomic E-state index is -0.484. The molecule has 0 bridgehead atoms. The summed E-state index contributed by atoms with van der Waals surface area (Å²) in [7, 11) is 0. The van der Waals surface area contributed by atoms with Gasteiger partial charge in [0.05, 0.1) is 5.69 Å². The highest BCUT2D eigenvalue weighted by molar-refractivity contribution is 8.00. The number of carbonyl (C=O) groups excluding carboxylic acids is 2. The van der Waals surface area contributed by atoms with Gasteiger partial charge in [0.15, 0.2) is 5.13 Å². The highest BCUT2D eigenvalue weighted by atomic mass is 32.2. The molecule has 1 aliphatic rings. The molecule has 1 atom stereocenters. The zero-order chi connectivity index (χ0) is 27.2. The van der Waals surface area contributed by atoms with E-state index in [4.69, 9.17) is 4.98 Å². The van der Waals surface area contributed by atoms with Gasteiger partial charge in [-0.15, -0.1) is 23.1 Å². The maximum Gasteiger partial charge on any atom is 0.244 e. The van der Waals surface area contributed by atoms with Crippen LogP contribution in [0.5, 0.6) is 0 Å². The van der Waals surface area contributed by atoms with Crippen LogP contribution in [-0.4, -0.2) is 16.8 Å². The fraction of sp³-hybridized carbons (Fsp3) is 0.281. The molecule has 200 valence electrons. The smallest absolute Gasteiger partial charge is 0.244 e. The fourth-order valence-corrected chi connectivity index (χ4v) is 6.82. The number of hydrogen-bond donors (Lipinski definition) is 2. The summed E-state index contributed by atoms with van der Waals surface area (Å²) in [6.07, 6.45) is 5.36. The largest absolute Gasteiger partial charge is 0.326 e. The van der Waals surface area contributed by atoms with E-state index in [-0.39, 0.29) is 17.7 Å². The van der Waals surface area contributed by atoms with Gasteiger partial charge >= 0.3 is 0 Å². The predicted molar refractivity (Wildman–Crippen MR) is 162 cm³/mol. The minimum Gasteiger partial charge on any atom is -0.326 e. The Morgan fingerprint density at radius 1 is 0.897 bits per heavy atom. The van der Waals surface area contributed by atoms with Gasteiger partial charge in [-0.1, -0.05) is 85.5 Å².